The van der Waals surface area contributed by atoms with E-state index < -0.39 is 0 Å². The van der Waals surface area contributed by atoms with E-state index in [0.717, 1.165) is 28.9 Å². The molecule has 0 aromatic heterocycles. The first-order valence-electron chi connectivity index (χ1n) is 6.03. The SMILES string of the molecule is CCC(C)N(C)CCNc1ccc(Br)cc1N. The molecule has 3 nitrogen and oxygen atoms in total. The maximum Gasteiger partial charge on any atom is 0.0575 e. The van der Waals surface area contributed by atoms with Crippen LogP contribution < -0.4 is 11.1 Å². The van der Waals surface area contributed by atoms with E-state index in [2.05, 4.69) is 47.0 Å². The average Bonchev–Trinajstić information content (AvgIpc) is 2.30. The molecule has 4 heteroatoms. The number of likely N-dealkylation sites (N-methyl/N-ethyl adjacent to an activating group) is 1. The Balaban J connectivity index is 2.40. The Morgan fingerprint density at radius 2 is 2.18 bits per heavy atom. The largest absolute Gasteiger partial charge is 0.397 e. The third-order valence-electron chi connectivity index (χ3n) is 3.14. The zero-order chi connectivity index (χ0) is 12.8. The van der Waals surface area contributed by atoms with Crippen molar-refractivity contribution in [1.29, 1.82) is 0 Å². The molecule has 96 valence electrons. The summed E-state index contributed by atoms with van der Waals surface area (Å²) in [6.07, 6.45) is 1.18. The number of nitrogen functional groups attached to an aromatic ring is 1. The molecule has 0 aliphatic heterocycles. The van der Waals surface area contributed by atoms with E-state index in [-0.39, 0.29) is 0 Å². The van der Waals surface area contributed by atoms with Crippen LogP contribution in [0.4, 0.5) is 11.4 Å². The van der Waals surface area contributed by atoms with Gasteiger partial charge in [0.15, 0.2) is 0 Å². The van der Waals surface area contributed by atoms with Crippen molar-refractivity contribution in [3.8, 4) is 0 Å². The predicted molar refractivity (Wildman–Crippen MR) is 79.4 cm³/mol. The Morgan fingerprint density at radius 3 is 2.76 bits per heavy atom. The molecule has 0 bridgehead atoms. The Hall–Kier alpha value is -0.740. The maximum absolute atomic E-state index is 5.92. The van der Waals surface area contributed by atoms with Crippen LogP contribution in [-0.2, 0) is 0 Å². The van der Waals surface area contributed by atoms with Crippen LogP contribution >= 0.6 is 15.9 Å². The molecule has 0 aliphatic rings. The van der Waals surface area contributed by atoms with Crippen molar-refractivity contribution in [3.05, 3.63) is 22.7 Å². The van der Waals surface area contributed by atoms with Crippen LogP contribution in [0.3, 0.4) is 0 Å². The molecule has 0 saturated heterocycles. The van der Waals surface area contributed by atoms with Crippen molar-refractivity contribution in [3.63, 3.8) is 0 Å². The van der Waals surface area contributed by atoms with Crippen LogP contribution in [0.25, 0.3) is 0 Å². The number of halogens is 1. The molecule has 0 saturated carbocycles. The molecule has 0 radical (unpaired) electrons. The van der Waals surface area contributed by atoms with Gasteiger partial charge in [0, 0.05) is 23.6 Å². The number of rotatable bonds is 6. The molecule has 1 rings (SSSR count). The van der Waals surface area contributed by atoms with Gasteiger partial charge in [0.05, 0.1) is 11.4 Å². The van der Waals surface area contributed by atoms with Gasteiger partial charge in [-0.2, -0.15) is 0 Å². The summed E-state index contributed by atoms with van der Waals surface area (Å²) < 4.78 is 1.01. The van der Waals surface area contributed by atoms with Crippen molar-refractivity contribution in [2.45, 2.75) is 26.3 Å². The molecule has 1 aromatic carbocycles. The predicted octanol–water partition coefficient (Wildman–Crippen LogP) is 3.17. The smallest absolute Gasteiger partial charge is 0.0575 e. The minimum atomic E-state index is 0.624. The lowest BCUT2D eigenvalue weighted by Gasteiger charge is -2.23. The molecule has 0 fully saturated rings. The lowest BCUT2D eigenvalue weighted by Crippen LogP contribution is -2.32. The quantitative estimate of drug-likeness (QED) is 0.793. The van der Waals surface area contributed by atoms with Crippen LogP contribution in [0.15, 0.2) is 22.7 Å². The summed E-state index contributed by atoms with van der Waals surface area (Å²) in [6.45, 7) is 6.38. The number of hydrogen-bond acceptors (Lipinski definition) is 3. The van der Waals surface area contributed by atoms with Gasteiger partial charge in [-0.15, -0.1) is 0 Å². The lowest BCUT2D eigenvalue weighted by atomic mass is 10.2. The van der Waals surface area contributed by atoms with E-state index >= 15 is 0 Å². The highest BCUT2D eigenvalue weighted by atomic mass is 79.9. The molecule has 1 unspecified atom stereocenters. The molecule has 0 heterocycles. The van der Waals surface area contributed by atoms with Crippen molar-refractivity contribution in [1.82, 2.24) is 4.90 Å². The molecule has 1 atom stereocenters. The standard InChI is InChI=1S/C13H22BrN3/c1-4-10(2)17(3)8-7-16-13-6-5-11(14)9-12(13)15/h5-6,9-10,16H,4,7-8,15H2,1-3H3. The van der Waals surface area contributed by atoms with Crippen molar-refractivity contribution in [2.75, 3.05) is 31.2 Å². The lowest BCUT2D eigenvalue weighted by molar-refractivity contribution is 0.261. The van der Waals surface area contributed by atoms with E-state index in [1.54, 1.807) is 0 Å². The number of nitrogens with one attached hydrogen (secondary N) is 1. The van der Waals surface area contributed by atoms with Crippen LogP contribution in [0.2, 0.25) is 0 Å². The summed E-state index contributed by atoms with van der Waals surface area (Å²) >= 11 is 3.40. The topological polar surface area (TPSA) is 41.3 Å². The van der Waals surface area contributed by atoms with E-state index in [0.29, 0.717) is 6.04 Å². The first-order valence-corrected chi connectivity index (χ1v) is 6.83. The van der Waals surface area contributed by atoms with Gasteiger partial charge in [0.2, 0.25) is 0 Å². The molecular formula is C13H22BrN3. The van der Waals surface area contributed by atoms with Gasteiger partial charge in [0.25, 0.3) is 0 Å². The second kappa shape index (κ2) is 6.87. The third-order valence-corrected chi connectivity index (χ3v) is 3.63. The number of benzene rings is 1. The van der Waals surface area contributed by atoms with Gasteiger partial charge in [-0.3, -0.25) is 0 Å². The van der Waals surface area contributed by atoms with Gasteiger partial charge in [-0.1, -0.05) is 22.9 Å². The molecule has 3 N–H and O–H groups in total. The summed E-state index contributed by atoms with van der Waals surface area (Å²) in [4.78, 5) is 2.35. The van der Waals surface area contributed by atoms with E-state index in [9.17, 15) is 0 Å². The summed E-state index contributed by atoms with van der Waals surface area (Å²) in [5, 5.41) is 3.36. The molecule has 0 aliphatic carbocycles. The summed E-state index contributed by atoms with van der Waals surface area (Å²) in [6, 6.07) is 6.54. The Morgan fingerprint density at radius 1 is 1.47 bits per heavy atom. The molecule has 17 heavy (non-hydrogen) atoms. The third kappa shape index (κ3) is 4.56. The maximum atomic E-state index is 5.92. The number of hydrogen-bond donors (Lipinski definition) is 2. The van der Waals surface area contributed by atoms with Crippen molar-refractivity contribution in [2.24, 2.45) is 0 Å². The van der Waals surface area contributed by atoms with Crippen LogP contribution in [0, 0.1) is 0 Å². The number of nitrogens with zero attached hydrogens (tertiary/aromatic N) is 1. The zero-order valence-electron chi connectivity index (χ0n) is 10.8. The first kappa shape index (κ1) is 14.3. The summed E-state index contributed by atoms with van der Waals surface area (Å²) in [5.74, 6) is 0. The highest BCUT2D eigenvalue weighted by Crippen LogP contribution is 2.22. The monoisotopic (exact) mass is 299 g/mol. The second-order valence-electron chi connectivity index (χ2n) is 4.40. The minimum absolute atomic E-state index is 0.624. The Kier molecular flexibility index (Phi) is 5.78. The van der Waals surface area contributed by atoms with Gasteiger partial charge in [0.1, 0.15) is 0 Å². The molecule has 1 aromatic rings. The highest BCUT2D eigenvalue weighted by molar-refractivity contribution is 9.10. The molecule has 0 amide bonds. The Labute approximate surface area is 113 Å². The first-order chi connectivity index (χ1) is 8.04. The fourth-order valence-electron chi connectivity index (χ4n) is 1.59. The minimum Gasteiger partial charge on any atom is -0.397 e. The molecule has 0 spiro atoms. The normalized spacial score (nSPS) is 12.8. The van der Waals surface area contributed by atoms with Gasteiger partial charge >= 0.3 is 0 Å². The zero-order valence-corrected chi connectivity index (χ0v) is 12.4. The van der Waals surface area contributed by atoms with E-state index in [4.69, 9.17) is 5.73 Å². The van der Waals surface area contributed by atoms with E-state index in [1.807, 2.05) is 18.2 Å². The average molecular weight is 300 g/mol. The number of anilines is 2. The Bertz CT molecular complexity index is 355. The van der Waals surface area contributed by atoms with Crippen molar-refractivity contribution < 1.29 is 0 Å². The highest BCUT2D eigenvalue weighted by Gasteiger charge is 2.06. The molecular weight excluding hydrogens is 278 g/mol. The fraction of sp³-hybridized carbons (Fsp3) is 0.538. The fourth-order valence-corrected chi connectivity index (χ4v) is 1.97. The van der Waals surface area contributed by atoms with Crippen molar-refractivity contribution >= 4 is 27.3 Å². The van der Waals surface area contributed by atoms with Gasteiger partial charge < -0.3 is 16.0 Å². The van der Waals surface area contributed by atoms with Crippen LogP contribution in [0.1, 0.15) is 20.3 Å². The second-order valence-corrected chi connectivity index (χ2v) is 5.31. The summed E-state index contributed by atoms with van der Waals surface area (Å²) in [5.41, 5.74) is 7.71. The van der Waals surface area contributed by atoms with Crippen LogP contribution in [0.5, 0.6) is 0 Å². The van der Waals surface area contributed by atoms with E-state index in [1.165, 1.54) is 6.42 Å². The summed E-state index contributed by atoms with van der Waals surface area (Å²) in [7, 11) is 2.15. The van der Waals surface area contributed by atoms with Crippen LogP contribution in [-0.4, -0.2) is 31.1 Å². The number of nitrogens with two attached hydrogens (primary N) is 1. The van der Waals surface area contributed by atoms with Gasteiger partial charge in [-0.05, 0) is 38.6 Å². The van der Waals surface area contributed by atoms with Gasteiger partial charge in [-0.25, -0.2) is 0 Å².